The average molecular weight is 541 g/mol. The first-order chi connectivity index (χ1) is 16.5. The highest BCUT2D eigenvalue weighted by atomic mass is 32.2. The van der Waals surface area contributed by atoms with E-state index in [0.717, 1.165) is 5.56 Å². The number of hydrogen-bond acceptors (Lipinski definition) is 8. The highest BCUT2D eigenvalue weighted by Crippen LogP contribution is 2.40. The zero-order valence-corrected chi connectivity index (χ0v) is 20.2. The number of carboxylic acid groups (broad SMARTS) is 1. The number of alkyl halides is 3. The number of thiazole rings is 1. The van der Waals surface area contributed by atoms with Crippen LogP contribution in [0.4, 0.5) is 13.2 Å². The molecule has 0 radical (unpaired) electrons. The highest BCUT2D eigenvalue weighted by molar-refractivity contribution is 8.00. The van der Waals surface area contributed by atoms with Crippen molar-refractivity contribution in [3.8, 4) is 5.69 Å². The van der Waals surface area contributed by atoms with Gasteiger partial charge in [-0.15, -0.1) is 10.2 Å². The lowest BCUT2D eigenvalue weighted by Gasteiger charge is -2.10. The molecule has 14 heteroatoms. The van der Waals surface area contributed by atoms with Crippen LogP contribution in [-0.2, 0) is 21.8 Å². The number of aryl methyl sites for hydroxylation is 1. The summed E-state index contributed by atoms with van der Waals surface area (Å²) in [5.74, 6) is -2.24. The number of hydrogen-bond donors (Lipinski definition) is 1. The summed E-state index contributed by atoms with van der Waals surface area (Å²) in [6.45, 7) is 1.82. The fraction of sp³-hybridized carbons (Fsp3) is 0.143. The Balaban J connectivity index is 1.76. The van der Waals surface area contributed by atoms with E-state index < -0.39 is 38.3 Å². The zero-order chi connectivity index (χ0) is 25.4. The van der Waals surface area contributed by atoms with Gasteiger partial charge >= 0.3 is 12.1 Å². The molecule has 35 heavy (non-hydrogen) atoms. The van der Waals surface area contributed by atoms with Crippen LogP contribution in [0.3, 0.4) is 0 Å². The first kappa shape index (κ1) is 24.9. The molecular formula is C21H15F3N4O4S3. The molecule has 4 rings (SSSR count). The topological polar surface area (TPSA) is 115 Å². The van der Waals surface area contributed by atoms with E-state index in [1.165, 1.54) is 16.7 Å². The summed E-state index contributed by atoms with van der Waals surface area (Å²) >= 11 is 1.01. The van der Waals surface area contributed by atoms with Gasteiger partial charge in [-0.1, -0.05) is 47.2 Å². The van der Waals surface area contributed by atoms with Crippen molar-refractivity contribution < 1.29 is 31.5 Å². The fourth-order valence-electron chi connectivity index (χ4n) is 3.05. The van der Waals surface area contributed by atoms with Gasteiger partial charge < -0.3 is 5.11 Å². The minimum absolute atomic E-state index is 0.0321. The van der Waals surface area contributed by atoms with Crippen molar-refractivity contribution in [1.82, 2.24) is 19.7 Å². The second kappa shape index (κ2) is 9.43. The van der Waals surface area contributed by atoms with Crippen molar-refractivity contribution in [2.45, 2.75) is 33.2 Å². The Labute approximate surface area is 205 Å². The molecule has 8 nitrogen and oxygen atoms in total. The number of nitrogens with zero attached hydrogens (tertiary/aromatic N) is 4. The number of aromatic carboxylic acids is 1. The molecule has 1 N–H and O–H groups in total. The van der Waals surface area contributed by atoms with Crippen molar-refractivity contribution in [3.63, 3.8) is 0 Å². The Morgan fingerprint density at radius 1 is 1.09 bits per heavy atom. The monoisotopic (exact) mass is 540 g/mol. The summed E-state index contributed by atoms with van der Waals surface area (Å²) in [6, 6.07) is 14.7. The van der Waals surface area contributed by atoms with Crippen LogP contribution in [0.5, 0.6) is 0 Å². The largest absolute Gasteiger partial charge is 0.477 e. The lowest BCUT2D eigenvalue weighted by atomic mass is 10.2. The van der Waals surface area contributed by atoms with E-state index in [0.29, 0.717) is 28.8 Å². The third-order valence-corrected chi connectivity index (χ3v) is 8.34. The number of halogens is 3. The van der Waals surface area contributed by atoms with Gasteiger partial charge in [0.2, 0.25) is 5.16 Å². The first-order valence-corrected chi connectivity index (χ1v) is 13.0. The molecule has 0 spiro atoms. The Kier molecular flexibility index (Phi) is 6.71. The Hall–Kier alpha value is -3.23. The Bertz CT molecular complexity index is 1480. The van der Waals surface area contributed by atoms with Crippen LogP contribution in [0, 0.1) is 6.92 Å². The number of benzene rings is 2. The van der Waals surface area contributed by atoms with Crippen LogP contribution in [-0.4, -0.2) is 39.2 Å². The summed E-state index contributed by atoms with van der Waals surface area (Å²) in [5.41, 5.74) is -0.150. The number of sulfone groups is 1. The summed E-state index contributed by atoms with van der Waals surface area (Å²) in [6.07, 6.45) is -4.95. The van der Waals surface area contributed by atoms with Crippen molar-refractivity contribution in [2.24, 2.45) is 0 Å². The number of carboxylic acids is 1. The summed E-state index contributed by atoms with van der Waals surface area (Å²) in [4.78, 5) is 13.9. The average Bonchev–Trinajstić information content (AvgIpc) is 3.39. The van der Waals surface area contributed by atoms with E-state index in [2.05, 4.69) is 15.2 Å². The van der Waals surface area contributed by atoms with Gasteiger partial charge in [-0.3, -0.25) is 4.57 Å². The standard InChI is InChI=1S/C21H15F3N4O4S3/c1-12-7-9-14(10-8-12)35(31,32)11-15-26-27-19(28(15)13-5-3-2-4-6-13)34-20-25-17(21(22,23)24)16(33-20)18(29)30/h2-10H,11H2,1H3,(H,29,30). The maximum Gasteiger partial charge on any atom is 0.435 e. The molecule has 4 aromatic rings. The van der Waals surface area contributed by atoms with E-state index in [4.69, 9.17) is 5.11 Å². The van der Waals surface area contributed by atoms with Crippen LogP contribution in [0.1, 0.15) is 26.8 Å². The molecule has 0 saturated heterocycles. The highest BCUT2D eigenvalue weighted by Gasteiger charge is 2.40. The lowest BCUT2D eigenvalue weighted by Crippen LogP contribution is -2.11. The predicted octanol–water partition coefficient (Wildman–Crippen LogP) is 4.87. The molecule has 0 saturated carbocycles. The normalized spacial score (nSPS) is 12.1. The van der Waals surface area contributed by atoms with E-state index in [9.17, 15) is 26.4 Å². The molecule has 0 amide bonds. The van der Waals surface area contributed by atoms with Gasteiger partial charge in [-0.2, -0.15) is 13.2 Å². The quantitative estimate of drug-likeness (QED) is 0.353. The first-order valence-electron chi connectivity index (χ1n) is 9.74. The van der Waals surface area contributed by atoms with E-state index in [-0.39, 0.29) is 20.2 Å². The van der Waals surface area contributed by atoms with Crippen molar-refractivity contribution in [3.05, 3.63) is 76.6 Å². The predicted molar refractivity (Wildman–Crippen MR) is 122 cm³/mol. The van der Waals surface area contributed by atoms with Gasteiger partial charge in [0, 0.05) is 5.69 Å². The van der Waals surface area contributed by atoms with Crippen LogP contribution in [0.15, 0.2) is 69.0 Å². The Morgan fingerprint density at radius 2 is 1.74 bits per heavy atom. The number of carbonyl (C=O) groups is 1. The number of rotatable bonds is 7. The van der Waals surface area contributed by atoms with Crippen molar-refractivity contribution >= 4 is 38.9 Å². The second-order valence-electron chi connectivity index (χ2n) is 7.20. The molecule has 2 aromatic carbocycles. The summed E-state index contributed by atoms with van der Waals surface area (Å²) < 4.78 is 66.9. The second-order valence-corrected chi connectivity index (χ2v) is 11.4. The Morgan fingerprint density at radius 3 is 2.31 bits per heavy atom. The lowest BCUT2D eigenvalue weighted by molar-refractivity contribution is -0.141. The molecule has 0 aliphatic carbocycles. The van der Waals surface area contributed by atoms with Crippen molar-refractivity contribution in [2.75, 3.05) is 0 Å². The van der Waals surface area contributed by atoms with E-state index in [1.807, 2.05) is 6.92 Å². The minimum atomic E-state index is -4.95. The molecule has 182 valence electrons. The third kappa shape index (κ3) is 5.39. The van der Waals surface area contributed by atoms with Gasteiger partial charge in [0.1, 0.15) is 10.6 Å². The van der Waals surface area contributed by atoms with Gasteiger partial charge in [0.15, 0.2) is 25.7 Å². The van der Waals surface area contributed by atoms with E-state index >= 15 is 0 Å². The van der Waals surface area contributed by atoms with E-state index in [1.54, 1.807) is 42.5 Å². The third-order valence-electron chi connectivity index (χ3n) is 4.66. The van der Waals surface area contributed by atoms with Crippen LogP contribution in [0.2, 0.25) is 0 Å². The summed E-state index contributed by atoms with van der Waals surface area (Å²) in [7, 11) is -3.83. The number of para-hydroxylation sites is 1. The SMILES string of the molecule is Cc1ccc(S(=O)(=O)Cc2nnc(Sc3nc(C(F)(F)F)c(C(=O)O)s3)n2-c2ccccc2)cc1. The minimum Gasteiger partial charge on any atom is -0.477 e. The van der Waals surface area contributed by atoms with Crippen LogP contribution < -0.4 is 0 Å². The van der Waals surface area contributed by atoms with Gasteiger partial charge in [-0.25, -0.2) is 18.2 Å². The van der Waals surface area contributed by atoms with Gasteiger partial charge in [-0.05, 0) is 43.0 Å². The molecule has 0 bridgehead atoms. The van der Waals surface area contributed by atoms with Gasteiger partial charge in [0.05, 0.1) is 4.90 Å². The van der Waals surface area contributed by atoms with Crippen LogP contribution >= 0.6 is 23.1 Å². The zero-order valence-electron chi connectivity index (χ0n) is 17.7. The molecule has 0 unspecified atom stereocenters. The maximum absolute atomic E-state index is 13.3. The maximum atomic E-state index is 13.3. The molecular weight excluding hydrogens is 525 g/mol. The molecule has 0 fully saturated rings. The molecule has 0 aliphatic heterocycles. The van der Waals surface area contributed by atoms with Crippen LogP contribution in [0.25, 0.3) is 5.69 Å². The fourth-order valence-corrected chi connectivity index (χ4v) is 6.27. The molecule has 0 aliphatic rings. The van der Waals surface area contributed by atoms with Crippen molar-refractivity contribution in [1.29, 1.82) is 0 Å². The molecule has 2 heterocycles. The smallest absolute Gasteiger partial charge is 0.435 e. The number of aromatic nitrogens is 4. The van der Waals surface area contributed by atoms with Gasteiger partial charge in [0.25, 0.3) is 0 Å². The molecule has 2 aromatic heterocycles. The molecule has 0 atom stereocenters. The summed E-state index contributed by atoms with van der Waals surface area (Å²) in [5, 5.41) is 17.1.